The number of carbonyl (C=O) groups excluding carboxylic acids is 2. The first kappa shape index (κ1) is 15.2. The molecular formula is C18H15NO3S. The summed E-state index contributed by atoms with van der Waals surface area (Å²) >= 11 is 1.28. The quantitative estimate of drug-likeness (QED) is 0.735. The number of ether oxygens (including phenoxy) is 1. The summed E-state index contributed by atoms with van der Waals surface area (Å²) in [6, 6.07) is 16.9. The Kier molecular flexibility index (Phi) is 4.39. The average molecular weight is 325 g/mol. The van der Waals surface area contributed by atoms with Gasteiger partial charge in [-0.15, -0.1) is 11.3 Å². The molecule has 116 valence electrons. The molecule has 0 aliphatic heterocycles. The van der Waals surface area contributed by atoms with Crippen molar-refractivity contribution in [1.29, 1.82) is 0 Å². The minimum absolute atomic E-state index is 0.355. The van der Waals surface area contributed by atoms with Crippen molar-refractivity contribution < 1.29 is 14.3 Å². The third-order valence-electron chi connectivity index (χ3n) is 3.42. The topological polar surface area (TPSA) is 55.4 Å². The Balaban J connectivity index is 1.72. The van der Waals surface area contributed by atoms with Gasteiger partial charge in [-0.25, -0.2) is 4.79 Å². The van der Waals surface area contributed by atoms with Crippen LogP contribution in [0.2, 0.25) is 0 Å². The number of carbonyl (C=O) groups is 2. The molecule has 3 aromatic rings. The lowest BCUT2D eigenvalue weighted by Gasteiger charge is -2.14. The zero-order chi connectivity index (χ0) is 16.2. The second-order valence-electron chi connectivity index (χ2n) is 5.04. The summed E-state index contributed by atoms with van der Waals surface area (Å²) in [6.07, 6.45) is -0.872. The van der Waals surface area contributed by atoms with Crippen LogP contribution in [0.15, 0.2) is 60.0 Å². The third kappa shape index (κ3) is 3.40. The van der Waals surface area contributed by atoms with Crippen molar-refractivity contribution in [2.45, 2.75) is 13.0 Å². The molecule has 0 aliphatic carbocycles. The lowest BCUT2D eigenvalue weighted by atomic mass is 10.1. The van der Waals surface area contributed by atoms with Gasteiger partial charge < -0.3 is 10.1 Å². The van der Waals surface area contributed by atoms with E-state index in [1.165, 1.54) is 11.3 Å². The van der Waals surface area contributed by atoms with E-state index in [4.69, 9.17) is 4.74 Å². The zero-order valence-electron chi connectivity index (χ0n) is 12.5. The molecule has 0 bridgehead atoms. The van der Waals surface area contributed by atoms with E-state index in [0.29, 0.717) is 10.6 Å². The van der Waals surface area contributed by atoms with Gasteiger partial charge in [0.05, 0.1) is 0 Å². The van der Waals surface area contributed by atoms with Gasteiger partial charge in [0.15, 0.2) is 6.10 Å². The molecule has 0 spiro atoms. The number of amides is 1. The maximum atomic E-state index is 12.3. The second-order valence-corrected chi connectivity index (χ2v) is 5.99. The predicted octanol–water partition coefficient (Wildman–Crippen LogP) is 4.09. The normalized spacial score (nSPS) is 11.9. The van der Waals surface area contributed by atoms with Crippen LogP contribution in [0.4, 0.5) is 5.69 Å². The molecule has 5 heteroatoms. The monoisotopic (exact) mass is 325 g/mol. The standard InChI is InChI=1S/C18H15NO3S/c1-12(22-18(21)16-10-5-11-23-16)17(20)19-15-9-4-7-13-6-2-3-8-14(13)15/h2-12H,1H3,(H,19,20)/t12-/m1/s1. The number of fused-ring (bicyclic) bond motifs is 1. The van der Waals surface area contributed by atoms with E-state index >= 15 is 0 Å². The van der Waals surface area contributed by atoms with Gasteiger partial charge in [-0.1, -0.05) is 42.5 Å². The van der Waals surface area contributed by atoms with E-state index in [9.17, 15) is 9.59 Å². The van der Waals surface area contributed by atoms with E-state index in [0.717, 1.165) is 10.8 Å². The molecule has 0 saturated carbocycles. The Bertz CT molecular complexity index is 837. The van der Waals surface area contributed by atoms with Crippen molar-refractivity contribution in [3.05, 3.63) is 64.9 Å². The van der Waals surface area contributed by atoms with Crippen molar-refractivity contribution >= 4 is 39.7 Å². The van der Waals surface area contributed by atoms with Crippen LogP contribution >= 0.6 is 11.3 Å². The molecule has 0 aliphatic rings. The lowest BCUT2D eigenvalue weighted by Crippen LogP contribution is -2.29. The molecule has 0 saturated heterocycles. The van der Waals surface area contributed by atoms with E-state index in [1.54, 1.807) is 24.4 Å². The molecule has 1 N–H and O–H groups in total. The molecular weight excluding hydrogens is 310 g/mol. The van der Waals surface area contributed by atoms with E-state index in [2.05, 4.69) is 5.32 Å². The van der Waals surface area contributed by atoms with Crippen LogP contribution in [-0.2, 0) is 9.53 Å². The lowest BCUT2D eigenvalue weighted by molar-refractivity contribution is -0.123. The van der Waals surface area contributed by atoms with Crippen molar-refractivity contribution in [2.75, 3.05) is 5.32 Å². The molecule has 0 radical (unpaired) electrons. The van der Waals surface area contributed by atoms with Gasteiger partial charge in [0.1, 0.15) is 4.88 Å². The molecule has 3 rings (SSSR count). The van der Waals surface area contributed by atoms with Crippen molar-refractivity contribution in [1.82, 2.24) is 0 Å². The van der Waals surface area contributed by atoms with Crippen molar-refractivity contribution in [2.24, 2.45) is 0 Å². The maximum absolute atomic E-state index is 12.3. The summed E-state index contributed by atoms with van der Waals surface area (Å²) in [4.78, 5) is 24.7. The molecule has 2 aromatic carbocycles. The van der Waals surface area contributed by atoms with Gasteiger partial charge in [0.2, 0.25) is 0 Å². The van der Waals surface area contributed by atoms with Crippen LogP contribution in [0.5, 0.6) is 0 Å². The molecule has 4 nitrogen and oxygen atoms in total. The molecule has 1 atom stereocenters. The Morgan fingerprint density at radius 3 is 2.61 bits per heavy atom. The summed E-state index contributed by atoms with van der Waals surface area (Å²) in [7, 11) is 0. The van der Waals surface area contributed by atoms with Gasteiger partial charge in [-0.3, -0.25) is 4.79 Å². The van der Waals surface area contributed by atoms with Crippen LogP contribution in [0, 0.1) is 0 Å². The summed E-state index contributed by atoms with van der Waals surface area (Å²) < 4.78 is 5.20. The smallest absolute Gasteiger partial charge is 0.349 e. The number of rotatable bonds is 4. The first-order chi connectivity index (χ1) is 11.1. The Hall–Kier alpha value is -2.66. The molecule has 1 amide bonds. The van der Waals surface area contributed by atoms with Gasteiger partial charge in [0.25, 0.3) is 5.91 Å². The highest BCUT2D eigenvalue weighted by atomic mass is 32.1. The fraction of sp³-hybridized carbons (Fsp3) is 0.111. The highest BCUT2D eigenvalue weighted by molar-refractivity contribution is 7.11. The maximum Gasteiger partial charge on any atom is 0.349 e. The highest BCUT2D eigenvalue weighted by Gasteiger charge is 2.20. The minimum Gasteiger partial charge on any atom is -0.448 e. The molecule has 1 heterocycles. The second kappa shape index (κ2) is 6.62. The molecule has 0 fully saturated rings. The number of thiophene rings is 1. The van der Waals surface area contributed by atoms with Gasteiger partial charge in [0, 0.05) is 11.1 Å². The number of benzene rings is 2. The van der Waals surface area contributed by atoms with Gasteiger partial charge in [-0.05, 0) is 29.8 Å². The number of anilines is 1. The SMILES string of the molecule is C[C@@H](OC(=O)c1cccs1)C(=O)Nc1cccc2ccccc12. The fourth-order valence-electron chi connectivity index (χ4n) is 2.24. The van der Waals surface area contributed by atoms with Gasteiger partial charge >= 0.3 is 5.97 Å². The van der Waals surface area contributed by atoms with E-state index < -0.39 is 12.1 Å². The first-order valence-electron chi connectivity index (χ1n) is 7.18. The fourth-order valence-corrected chi connectivity index (χ4v) is 2.84. The highest BCUT2D eigenvalue weighted by Crippen LogP contribution is 2.23. The minimum atomic E-state index is -0.872. The van der Waals surface area contributed by atoms with Crippen LogP contribution in [0.1, 0.15) is 16.6 Å². The van der Waals surface area contributed by atoms with Gasteiger partial charge in [-0.2, -0.15) is 0 Å². The Labute approximate surface area is 137 Å². The van der Waals surface area contributed by atoms with E-state index in [-0.39, 0.29) is 5.91 Å². The predicted molar refractivity (Wildman–Crippen MR) is 91.8 cm³/mol. The first-order valence-corrected chi connectivity index (χ1v) is 8.06. The third-order valence-corrected chi connectivity index (χ3v) is 4.27. The molecule has 0 unspecified atom stereocenters. The molecule has 23 heavy (non-hydrogen) atoms. The number of hydrogen-bond donors (Lipinski definition) is 1. The zero-order valence-corrected chi connectivity index (χ0v) is 13.3. The van der Waals surface area contributed by atoms with Crippen LogP contribution in [0.25, 0.3) is 10.8 Å². The summed E-state index contributed by atoms with van der Waals surface area (Å²) in [5.41, 5.74) is 0.701. The van der Waals surface area contributed by atoms with Crippen molar-refractivity contribution in [3.63, 3.8) is 0 Å². The largest absolute Gasteiger partial charge is 0.448 e. The summed E-state index contributed by atoms with van der Waals surface area (Å²) in [5, 5.41) is 6.59. The van der Waals surface area contributed by atoms with Crippen LogP contribution in [0.3, 0.4) is 0 Å². The molecule has 1 aromatic heterocycles. The Morgan fingerprint density at radius 2 is 1.83 bits per heavy atom. The van der Waals surface area contributed by atoms with Crippen molar-refractivity contribution in [3.8, 4) is 0 Å². The summed E-state index contributed by atoms with van der Waals surface area (Å²) in [5.74, 6) is -0.841. The van der Waals surface area contributed by atoms with Crippen LogP contribution < -0.4 is 5.32 Å². The number of nitrogens with one attached hydrogen (secondary N) is 1. The number of hydrogen-bond acceptors (Lipinski definition) is 4. The summed E-state index contributed by atoms with van der Waals surface area (Å²) in [6.45, 7) is 1.56. The average Bonchev–Trinajstić information content (AvgIpc) is 3.09. The Morgan fingerprint density at radius 1 is 1.04 bits per heavy atom. The van der Waals surface area contributed by atoms with E-state index in [1.807, 2.05) is 42.5 Å². The van der Waals surface area contributed by atoms with Crippen LogP contribution in [-0.4, -0.2) is 18.0 Å². The number of esters is 1.